The topological polar surface area (TPSA) is 69.0 Å². The predicted octanol–water partition coefficient (Wildman–Crippen LogP) is 4.85. The van der Waals surface area contributed by atoms with Gasteiger partial charge in [-0.15, -0.1) is 0 Å². The molecule has 2 aromatic carbocycles. The van der Waals surface area contributed by atoms with E-state index < -0.39 is 6.10 Å². The first-order valence-electron chi connectivity index (χ1n) is 12.5. The van der Waals surface area contributed by atoms with Crippen molar-refractivity contribution in [1.82, 2.24) is 14.7 Å². The minimum absolute atomic E-state index is 0.268. The highest BCUT2D eigenvalue weighted by Gasteiger charge is 2.24. The van der Waals surface area contributed by atoms with Gasteiger partial charge in [0.2, 0.25) is 5.88 Å². The summed E-state index contributed by atoms with van der Waals surface area (Å²) in [4.78, 5) is 2.12. The van der Waals surface area contributed by atoms with Gasteiger partial charge in [0.15, 0.2) is 0 Å². The van der Waals surface area contributed by atoms with Gasteiger partial charge in [-0.3, -0.25) is 4.90 Å². The standard InChI is InChI=1S/C28H38FN3O4/c1-5-27-26(18-31(15-16-34-4)17-24(33)20-35-19-21(2)3)28(36-25-13-11-22(29)12-14-25)32(30-27)23-9-7-6-8-10-23/h6-14,21,24,33H,5,15-20H2,1-4H3/t24-/m1/s1. The van der Waals surface area contributed by atoms with Crippen molar-refractivity contribution in [3.05, 3.63) is 71.7 Å². The Balaban J connectivity index is 1.92. The Bertz CT molecular complexity index is 1040. The summed E-state index contributed by atoms with van der Waals surface area (Å²) < 4.78 is 32.6. The highest BCUT2D eigenvalue weighted by Crippen LogP contribution is 2.32. The van der Waals surface area contributed by atoms with Gasteiger partial charge in [-0.25, -0.2) is 9.07 Å². The number of hydrogen-bond acceptors (Lipinski definition) is 6. The lowest BCUT2D eigenvalue weighted by Gasteiger charge is -2.25. The van der Waals surface area contributed by atoms with Crippen LogP contribution in [0.5, 0.6) is 11.6 Å². The Kier molecular flexibility index (Phi) is 10.9. The second-order valence-electron chi connectivity index (χ2n) is 9.20. The number of aliphatic hydroxyl groups excluding tert-OH is 1. The molecule has 0 unspecified atom stereocenters. The fourth-order valence-electron chi connectivity index (χ4n) is 3.85. The summed E-state index contributed by atoms with van der Waals surface area (Å²) >= 11 is 0. The second-order valence-corrected chi connectivity index (χ2v) is 9.20. The number of benzene rings is 2. The zero-order valence-electron chi connectivity index (χ0n) is 21.7. The van der Waals surface area contributed by atoms with Gasteiger partial charge in [0, 0.05) is 33.4 Å². The van der Waals surface area contributed by atoms with Gasteiger partial charge in [0.05, 0.1) is 36.3 Å². The van der Waals surface area contributed by atoms with Crippen LogP contribution in [0.15, 0.2) is 54.6 Å². The molecule has 0 bridgehead atoms. The Morgan fingerprint density at radius 2 is 1.78 bits per heavy atom. The van der Waals surface area contributed by atoms with E-state index in [0.29, 0.717) is 56.8 Å². The van der Waals surface area contributed by atoms with Crippen LogP contribution < -0.4 is 4.74 Å². The Morgan fingerprint density at radius 3 is 2.42 bits per heavy atom. The molecule has 0 fully saturated rings. The molecule has 0 amide bonds. The van der Waals surface area contributed by atoms with Crippen molar-refractivity contribution in [3.63, 3.8) is 0 Å². The quantitative estimate of drug-likeness (QED) is 0.323. The zero-order valence-corrected chi connectivity index (χ0v) is 21.7. The molecule has 0 radical (unpaired) electrons. The predicted molar refractivity (Wildman–Crippen MR) is 138 cm³/mol. The maximum absolute atomic E-state index is 13.5. The van der Waals surface area contributed by atoms with Crippen LogP contribution in [-0.4, -0.2) is 65.9 Å². The molecule has 3 aromatic rings. The van der Waals surface area contributed by atoms with E-state index in [0.717, 1.165) is 16.9 Å². The molecule has 1 N–H and O–H groups in total. The molecule has 0 aliphatic heterocycles. The van der Waals surface area contributed by atoms with Gasteiger partial charge in [-0.2, -0.15) is 5.10 Å². The first-order chi connectivity index (χ1) is 17.4. The number of para-hydroxylation sites is 1. The molecular weight excluding hydrogens is 461 g/mol. The third-order valence-corrected chi connectivity index (χ3v) is 5.61. The number of aliphatic hydroxyl groups is 1. The average Bonchev–Trinajstić information content (AvgIpc) is 3.21. The van der Waals surface area contributed by atoms with Crippen molar-refractivity contribution >= 4 is 0 Å². The van der Waals surface area contributed by atoms with Crippen molar-refractivity contribution in [2.24, 2.45) is 5.92 Å². The molecule has 0 spiro atoms. The van der Waals surface area contributed by atoms with Crippen LogP contribution in [0.1, 0.15) is 32.0 Å². The molecule has 7 nitrogen and oxygen atoms in total. The fraction of sp³-hybridized carbons (Fsp3) is 0.464. The SMILES string of the molecule is CCc1nn(-c2ccccc2)c(Oc2ccc(F)cc2)c1CN(CCOC)C[C@@H](O)COCC(C)C. The Labute approximate surface area is 213 Å². The number of ether oxygens (including phenoxy) is 3. The first-order valence-corrected chi connectivity index (χ1v) is 12.5. The normalized spacial score (nSPS) is 12.4. The van der Waals surface area contributed by atoms with Gasteiger partial charge in [-0.1, -0.05) is 39.0 Å². The molecule has 1 heterocycles. The van der Waals surface area contributed by atoms with E-state index in [1.54, 1.807) is 23.9 Å². The number of rotatable bonds is 15. The summed E-state index contributed by atoms with van der Waals surface area (Å²) in [6.07, 6.45) is 0.0592. The van der Waals surface area contributed by atoms with Gasteiger partial charge in [-0.05, 0) is 48.7 Å². The number of halogens is 1. The van der Waals surface area contributed by atoms with Gasteiger partial charge >= 0.3 is 0 Å². The van der Waals surface area contributed by atoms with Crippen LogP contribution in [0.2, 0.25) is 0 Å². The number of methoxy groups -OCH3 is 1. The van der Waals surface area contributed by atoms with Crippen LogP contribution in [0.3, 0.4) is 0 Å². The van der Waals surface area contributed by atoms with Gasteiger partial charge in [0.25, 0.3) is 0 Å². The second kappa shape index (κ2) is 14.1. The lowest BCUT2D eigenvalue weighted by Crippen LogP contribution is -2.37. The smallest absolute Gasteiger partial charge is 0.227 e. The molecule has 0 aliphatic rings. The largest absolute Gasteiger partial charge is 0.439 e. The van der Waals surface area contributed by atoms with Crippen LogP contribution >= 0.6 is 0 Å². The van der Waals surface area contributed by atoms with E-state index in [2.05, 4.69) is 25.7 Å². The summed E-state index contributed by atoms with van der Waals surface area (Å²) in [5, 5.41) is 15.5. The van der Waals surface area contributed by atoms with Crippen LogP contribution in [0.25, 0.3) is 5.69 Å². The van der Waals surface area contributed by atoms with Crippen molar-refractivity contribution in [2.45, 2.75) is 39.8 Å². The third kappa shape index (κ3) is 8.13. The number of hydrogen-bond donors (Lipinski definition) is 1. The molecule has 3 rings (SSSR count). The summed E-state index contributed by atoms with van der Waals surface area (Å²) in [5.41, 5.74) is 2.67. The van der Waals surface area contributed by atoms with Crippen molar-refractivity contribution in [2.75, 3.05) is 40.0 Å². The van der Waals surface area contributed by atoms with E-state index in [9.17, 15) is 9.50 Å². The van der Waals surface area contributed by atoms with E-state index in [4.69, 9.17) is 19.3 Å². The number of aryl methyl sites for hydroxylation is 1. The highest BCUT2D eigenvalue weighted by molar-refractivity contribution is 5.43. The molecule has 1 atom stereocenters. The third-order valence-electron chi connectivity index (χ3n) is 5.61. The molecule has 196 valence electrons. The monoisotopic (exact) mass is 499 g/mol. The maximum atomic E-state index is 13.5. The molecular formula is C28H38FN3O4. The van der Waals surface area contributed by atoms with Gasteiger partial charge < -0.3 is 19.3 Å². The summed E-state index contributed by atoms with van der Waals surface area (Å²) in [6.45, 7) is 9.13. The van der Waals surface area contributed by atoms with E-state index in [-0.39, 0.29) is 12.4 Å². The molecule has 1 aromatic heterocycles. The summed E-state index contributed by atoms with van der Waals surface area (Å²) in [7, 11) is 1.66. The van der Waals surface area contributed by atoms with Crippen LogP contribution in [0.4, 0.5) is 4.39 Å². The minimum Gasteiger partial charge on any atom is -0.439 e. The Hall–Kier alpha value is -2.78. The van der Waals surface area contributed by atoms with Gasteiger partial charge in [0.1, 0.15) is 11.6 Å². The molecule has 0 saturated heterocycles. The molecule has 0 aliphatic carbocycles. The zero-order chi connectivity index (χ0) is 25.9. The summed E-state index contributed by atoms with van der Waals surface area (Å²) in [5.74, 6) is 1.16. The number of nitrogens with zero attached hydrogens (tertiary/aromatic N) is 3. The minimum atomic E-state index is -0.642. The van der Waals surface area contributed by atoms with Crippen molar-refractivity contribution < 1.29 is 23.7 Å². The Morgan fingerprint density at radius 1 is 1.06 bits per heavy atom. The highest BCUT2D eigenvalue weighted by atomic mass is 19.1. The maximum Gasteiger partial charge on any atom is 0.227 e. The van der Waals surface area contributed by atoms with E-state index in [1.807, 2.05) is 30.3 Å². The van der Waals surface area contributed by atoms with E-state index in [1.165, 1.54) is 12.1 Å². The lowest BCUT2D eigenvalue weighted by atomic mass is 10.1. The number of aromatic nitrogens is 2. The molecule has 8 heteroatoms. The molecule has 0 saturated carbocycles. The molecule has 36 heavy (non-hydrogen) atoms. The lowest BCUT2D eigenvalue weighted by molar-refractivity contribution is 0.00323. The summed E-state index contributed by atoms with van der Waals surface area (Å²) in [6, 6.07) is 15.7. The first kappa shape index (κ1) is 27.8. The fourth-order valence-corrected chi connectivity index (χ4v) is 3.85. The van der Waals surface area contributed by atoms with Crippen LogP contribution in [-0.2, 0) is 22.4 Å². The van der Waals surface area contributed by atoms with Crippen molar-refractivity contribution in [1.29, 1.82) is 0 Å². The van der Waals surface area contributed by atoms with Crippen molar-refractivity contribution in [3.8, 4) is 17.3 Å². The van der Waals surface area contributed by atoms with E-state index >= 15 is 0 Å². The van der Waals surface area contributed by atoms with Crippen LogP contribution in [0, 0.1) is 11.7 Å². The average molecular weight is 500 g/mol.